The summed E-state index contributed by atoms with van der Waals surface area (Å²) in [7, 11) is 1.93. The normalized spacial score (nSPS) is 25.8. The van der Waals surface area contributed by atoms with Gasteiger partial charge < -0.3 is 14.8 Å². The Labute approximate surface area is 141 Å². The number of rotatable bonds is 3. The standard InChI is InChI=1S/C19H23N3O2/c1-12-17(14-5-3-4-6-16(14)21(12)2)18(23)19(24)20-15-11-22-9-7-13(15)8-10-22/h3-6,13,15H,7-11H2,1-2H3,(H,20,24)/t15-/m1/s1. The quantitative estimate of drug-likeness (QED) is 0.692. The van der Waals surface area contributed by atoms with Crippen molar-refractivity contribution in [1.29, 1.82) is 0 Å². The van der Waals surface area contributed by atoms with Crippen LogP contribution in [0, 0.1) is 12.8 Å². The van der Waals surface area contributed by atoms with E-state index in [1.165, 1.54) is 0 Å². The van der Waals surface area contributed by atoms with Crippen LogP contribution in [-0.4, -0.2) is 46.8 Å². The molecule has 24 heavy (non-hydrogen) atoms. The number of aryl methyl sites for hydroxylation is 1. The molecule has 1 aromatic heterocycles. The van der Waals surface area contributed by atoms with Gasteiger partial charge >= 0.3 is 0 Å². The fraction of sp³-hybridized carbons (Fsp3) is 0.474. The van der Waals surface area contributed by atoms with Gasteiger partial charge in [-0.1, -0.05) is 18.2 Å². The summed E-state index contributed by atoms with van der Waals surface area (Å²) in [4.78, 5) is 27.8. The van der Waals surface area contributed by atoms with Crippen LogP contribution in [0.3, 0.4) is 0 Å². The highest BCUT2D eigenvalue weighted by atomic mass is 16.2. The van der Waals surface area contributed by atoms with Crippen molar-refractivity contribution in [3.8, 4) is 0 Å². The molecule has 0 spiro atoms. The van der Waals surface area contributed by atoms with Crippen LogP contribution in [0.4, 0.5) is 0 Å². The Kier molecular flexibility index (Phi) is 3.68. The first-order chi connectivity index (χ1) is 11.6. The summed E-state index contributed by atoms with van der Waals surface area (Å²) in [5, 5.41) is 3.86. The van der Waals surface area contributed by atoms with E-state index in [9.17, 15) is 9.59 Å². The SMILES string of the molecule is Cc1c(C(=O)C(=O)N[C@@H]2CN3CCC2CC3)c2ccccc2n1C. The van der Waals surface area contributed by atoms with Gasteiger partial charge in [0.25, 0.3) is 11.7 Å². The molecule has 1 amide bonds. The summed E-state index contributed by atoms with van der Waals surface area (Å²) in [6.07, 6.45) is 2.23. The third-order valence-corrected chi connectivity index (χ3v) is 5.81. The number of benzene rings is 1. The average molecular weight is 325 g/mol. The number of aromatic nitrogens is 1. The number of piperidine rings is 3. The summed E-state index contributed by atoms with van der Waals surface area (Å²) in [6, 6.07) is 7.86. The molecule has 5 rings (SSSR count). The van der Waals surface area contributed by atoms with Gasteiger partial charge in [0, 0.05) is 36.2 Å². The van der Waals surface area contributed by atoms with E-state index in [1.807, 2.05) is 42.8 Å². The van der Waals surface area contributed by atoms with E-state index < -0.39 is 11.7 Å². The number of amides is 1. The molecular formula is C19H23N3O2. The van der Waals surface area contributed by atoms with E-state index in [4.69, 9.17) is 0 Å². The molecule has 2 bridgehead atoms. The maximum atomic E-state index is 12.8. The maximum Gasteiger partial charge on any atom is 0.292 e. The first kappa shape index (κ1) is 15.4. The van der Waals surface area contributed by atoms with Crippen molar-refractivity contribution in [2.75, 3.05) is 19.6 Å². The van der Waals surface area contributed by atoms with Gasteiger partial charge in [-0.15, -0.1) is 0 Å². The highest BCUT2D eigenvalue weighted by molar-refractivity contribution is 6.45. The van der Waals surface area contributed by atoms with Crippen molar-refractivity contribution in [3.63, 3.8) is 0 Å². The predicted octanol–water partition coefficient (Wildman–Crippen LogP) is 1.88. The lowest BCUT2D eigenvalue weighted by molar-refractivity contribution is -0.119. The molecule has 5 heteroatoms. The van der Waals surface area contributed by atoms with Crippen LogP contribution < -0.4 is 5.32 Å². The highest BCUT2D eigenvalue weighted by Crippen LogP contribution is 2.28. The Morgan fingerprint density at radius 1 is 1.17 bits per heavy atom. The molecule has 3 fully saturated rings. The van der Waals surface area contributed by atoms with Crippen LogP contribution in [0.25, 0.3) is 10.9 Å². The number of nitrogens with one attached hydrogen (secondary N) is 1. The van der Waals surface area contributed by atoms with Gasteiger partial charge in [0.2, 0.25) is 0 Å². The molecule has 5 nitrogen and oxygen atoms in total. The van der Waals surface area contributed by atoms with Crippen LogP contribution in [0.1, 0.15) is 28.9 Å². The minimum Gasteiger partial charge on any atom is -0.347 e. The van der Waals surface area contributed by atoms with Gasteiger partial charge in [0.1, 0.15) is 0 Å². The predicted molar refractivity (Wildman–Crippen MR) is 93.1 cm³/mol. The van der Waals surface area contributed by atoms with E-state index in [0.717, 1.165) is 49.1 Å². The molecule has 0 unspecified atom stereocenters. The lowest BCUT2D eigenvalue weighted by Gasteiger charge is -2.44. The maximum absolute atomic E-state index is 12.8. The highest BCUT2D eigenvalue weighted by Gasteiger charge is 2.36. The van der Waals surface area contributed by atoms with Crippen LogP contribution in [0.15, 0.2) is 24.3 Å². The monoisotopic (exact) mass is 325 g/mol. The van der Waals surface area contributed by atoms with Gasteiger partial charge in [0.05, 0.1) is 5.56 Å². The topological polar surface area (TPSA) is 54.3 Å². The third-order valence-electron chi connectivity index (χ3n) is 5.81. The third kappa shape index (κ3) is 2.35. The van der Waals surface area contributed by atoms with Gasteiger partial charge in [0.15, 0.2) is 0 Å². The molecule has 2 aromatic rings. The second-order valence-corrected chi connectivity index (χ2v) is 7.08. The van der Waals surface area contributed by atoms with Crippen molar-refractivity contribution in [1.82, 2.24) is 14.8 Å². The van der Waals surface area contributed by atoms with E-state index in [-0.39, 0.29) is 6.04 Å². The van der Waals surface area contributed by atoms with Crippen molar-refractivity contribution >= 4 is 22.6 Å². The summed E-state index contributed by atoms with van der Waals surface area (Å²) in [6.45, 7) is 5.01. The minimum atomic E-state index is -0.465. The fourth-order valence-electron chi connectivity index (χ4n) is 4.28. The van der Waals surface area contributed by atoms with Crippen LogP contribution in [0.2, 0.25) is 0 Å². The number of hydrogen-bond acceptors (Lipinski definition) is 3. The summed E-state index contributed by atoms with van der Waals surface area (Å²) >= 11 is 0. The van der Waals surface area contributed by atoms with Crippen LogP contribution >= 0.6 is 0 Å². The molecule has 3 saturated heterocycles. The molecule has 0 radical (unpaired) electrons. The van der Waals surface area contributed by atoms with Crippen molar-refractivity contribution < 1.29 is 9.59 Å². The van der Waals surface area contributed by atoms with Gasteiger partial charge in [-0.25, -0.2) is 0 Å². The number of nitrogens with zero attached hydrogens (tertiary/aromatic N) is 2. The zero-order valence-corrected chi connectivity index (χ0v) is 14.2. The van der Waals surface area contributed by atoms with E-state index in [2.05, 4.69) is 10.2 Å². The first-order valence-electron chi connectivity index (χ1n) is 8.68. The van der Waals surface area contributed by atoms with Crippen molar-refractivity contribution in [2.45, 2.75) is 25.8 Å². The van der Waals surface area contributed by atoms with Crippen LogP contribution in [0.5, 0.6) is 0 Å². The molecule has 3 aliphatic heterocycles. The summed E-state index contributed by atoms with van der Waals surface area (Å²) < 4.78 is 1.98. The second kappa shape index (κ2) is 5.74. The molecular weight excluding hydrogens is 302 g/mol. The Balaban J connectivity index is 1.60. The van der Waals surface area contributed by atoms with E-state index >= 15 is 0 Å². The van der Waals surface area contributed by atoms with Crippen LogP contribution in [-0.2, 0) is 11.8 Å². The van der Waals surface area contributed by atoms with Gasteiger partial charge in [-0.05, 0) is 44.8 Å². The zero-order chi connectivity index (χ0) is 16.8. The Hall–Kier alpha value is -2.14. The second-order valence-electron chi connectivity index (χ2n) is 7.08. The Morgan fingerprint density at radius 2 is 1.88 bits per heavy atom. The molecule has 1 aromatic carbocycles. The molecule has 0 aliphatic carbocycles. The summed E-state index contributed by atoms with van der Waals surface area (Å²) in [5.74, 6) is -0.366. The van der Waals surface area contributed by atoms with Gasteiger partial charge in [-0.3, -0.25) is 9.59 Å². The fourth-order valence-corrected chi connectivity index (χ4v) is 4.28. The van der Waals surface area contributed by atoms with Crippen molar-refractivity contribution in [2.24, 2.45) is 13.0 Å². The molecule has 1 atom stereocenters. The number of carbonyl (C=O) groups excluding carboxylic acids is 2. The Morgan fingerprint density at radius 3 is 2.54 bits per heavy atom. The molecule has 0 saturated carbocycles. The van der Waals surface area contributed by atoms with Gasteiger partial charge in [-0.2, -0.15) is 0 Å². The number of ketones is 1. The lowest BCUT2D eigenvalue weighted by Crippen LogP contribution is -2.58. The van der Waals surface area contributed by atoms with Crippen molar-refractivity contribution in [3.05, 3.63) is 35.5 Å². The van der Waals surface area contributed by atoms with E-state index in [0.29, 0.717) is 11.5 Å². The summed E-state index contributed by atoms with van der Waals surface area (Å²) in [5.41, 5.74) is 2.35. The molecule has 3 aliphatic rings. The average Bonchev–Trinajstić information content (AvgIpc) is 2.87. The number of Topliss-reactive ketones (excluding diaryl/α,β-unsaturated/α-hetero) is 1. The van der Waals surface area contributed by atoms with E-state index in [1.54, 1.807) is 0 Å². The minimum absolute atomic E-state index is 0.110. The number of carbonyl (C=O) groups is 2. The molecule has 1 N–H and O–H groups in total. The number of fused-ring (bicyclic) bond motifs is 4. The first-order valence-corrected chi connectivity index (χ1v) is 8.68. The zero-order valence-electron chi connectivity index (χ0n) is 14.2. The molecule has 126 valence electrons. The largest absolute Gasteiger partial charge is 0.347 e. The lowest BCUT2D eigenvalue weighted by atomic mass is 9.84. The number of hydrogen-bond donors (Lipinski definition) is 1. The number of para-hydroxylation sites is 1. The Bertz CT molecular complexity index is 815. The smallest absolute Gasteiger partial charge is 0.292 e. The molecule has 4 heterocycles.